The van der Waals surface area contributed by atoms with Crippen LogP contribution < -0.4 is 5.56 Å². The summed E-state index contributed by atoms with van der Waals surface area (Å²) in [6.45, 7) is 2.31. The monoisotopic (exact) mass is 262 g/mol. The topological polar surface area (TPSA) is 52.0 Å². The molecule has 0 aliphatic heterocycles. The highest BCUT2D eigenvalue weighted by atomic mass is 32.1. The molecule has 0 radical (unpaired) electrons. The number of hydrogen-bond acceptors (Lipinski definition) is 4. The van der Waals surface area contributed by atoms with Crippen molar-refractivity contribution < 1.29 is 4.79 Å². The number of carbonyl (C=O) groups excluding carboxylic acids is 1. The van der Waals surface area contributed by atoms with Crippen LogP contribution in [0.15, 0.2) is 34.7 Å². The average Bonchev–Trinajstić information content (AvgIpc) is 2.85. The summed E-state index contributed by atoms with van der Waals surface area (Å²) in [6.07, 6.45) is 2.65. The van der Waals surface area contributed by atoms with Crippen LogP contribution in [-0.4, -0.2) is 15.3 Å². The number of hydrogen-bond donors (Lipinski definition) is 0. The first kappa shape index (κ1) is 12.7. The molecule has 4 nitrogen and oxygen atoms in total. The lowest BCUT2D eigenvalue weighted by Crippen LogP contribution is -2.20. The van der Waals surface area contributed by atoms with Gasteiger partial charge in [0.1, 0.15) is 0 Å². The number of thiophene rings is 1. The molecule has 0 saturated heterocycles. The van der Waals surface area contributed by atoms with Gasteiger partial charge in [-0.15, -0.1) is 11.3 Å². The summed E-state index contributed by atoms with van der Waals surface area (Å²) < 4.78 is 1.54. The van der Waals surface area contributed by atoms with Crippen molar-refractivity contribution in [3.05, 3.63) is 50.8 Å². The summed E-state index contributed by atoms with van der Waals surface area (Å²) in [5, 5.41) is 1.89. The molecule has 2 aromatic rings. The van der Waals surface area contributed by atoms with Crippen LogP contribution in [0.5, 0.6) is 0 Å². The van der Waals surface area contributed by atoms with Crippen molar-refractivity contribution in [1.82, 2.24) is 9.55 Å². The normalized spacial score (nSPS) is 10.5. The maximum Gasteiger partial charge on any atom is 0.253 e. The SMILES string of the molecule is Cc1cc(=O)n(CCCC(=O)c2cccs2)cn1. The van der Waals surface area contributed by atoms with Gasteiger partial charge in [0, 0.05) is 24.7 Å². The van der Waals surface area contributed by atoms with Gasteiger partial charge in [-0.3, -0.25) is 14.2 Å². The molecule has 0 aromatic carbocycles. The maximum atomic E-state index is 11.7. The molecule has 2 aromatic heterocycles. The predicted molar refractivity (Wildman–Crippen MR) is 71.1 cm³/mol. The summed E-state index contributed by atoms with van der Waals surface area (Å²) in [7, 11) is 0. The van der Waals surface area contributed by atoms with Crippen molar-refractivity contribution >= 4 is 17.1 Å². The first-order valence-electron chi connectivity index (χ1n) is 5.76. The van der Waals surface area contributed by atoms with Crippen LogP contribution in [0.3, 0.4) is 0 Å². The molecule has 0 atom stereocenters. The quantitative estimate of drug-likeness (QED) is 0.777. The Morgan fingerprint density at radius 1 is 1.50 bits per heavy atom. The number of ketones is 1. The molecule has 0 fully saturated rings. The van der Waals surface area contributed by atoms with E-state index < -0.39 is 0 Å². The molecule has 94 valence electrons. The third-order valence-corrected chi connectivity index (χ3v) is 3.53. The van der Waals surface area contributed by atoms with Crippen LogP contribution in [0, 0.1) is 6.92 Å². The summed E-state index contributed by atoms with van der Waals surface area (Å²) in [5.74, 6) is 0.137. The number of aromatic nitrogens is 2. The maximum absolute atomic E-state index is 11.7. The van der Waals surface area contributed by atoms with Crippen LogP contribution in [-0.2, 0) is 6.54 Å². The smallest absolute Gasteiger partial charge is 0.253 e. The van der Waals surface area contributed by atoms with E-state index in [1.807, 2.05) is 17.5 Å². The lowest BCUT2D eigenvalue weighted by Gasteiger charge is -2.04. The van der Waals surface area contributed by atoms with Crippen molar-refractivity contribution in [3.8, 4) is 0 Å². The second-order valence-electron chi connectivity index (χ2n) is 4.07. The Hall–Kier alpha value is -1.75. The van der Waals surface area contributed by atoms with Gasteiger partial charge in [0.2, 0.25) is 0 Å². The van der Waals surface area contributed by atoms with Crippen LogP contribution >= 0.6 is 11.3 Å². The van der Waals surface area contributed by atoms with Gasteiger partial charge in [0.15, 0.2) is 5.78 Å². The molecule has 0 amide bonds. The highest BCUT2D eigenvalue weighted by Gasteiger charge is 2.06. The summed E-state index contributed by atoms with van der Waals surface area (Å²) in [6, 6.07) is 5.19. The molecule has 2 heterocycles. The number of carbonyl (C=O) groups is 1. The fourth-order valence-electron chi connectivity index (χ4n) is 1.65. The Labute approximate surface area is 109 Å². The number of Topliss-reactive ketones (excluding diaryl/α,β-unsaturated/α-hetero) is 1. The third-order valence-electron chi connectivity index (χ3n) is 2.62. The standard InChI is InChI=1S/C13H14N2O2S/c1-10-8-13(17)15(9-14-10)6-2-4-11(16)12-5-3-7-18-12/h3,5,7-9H,2,4,6H2,1H3. The van der Waals surface area contributed by atoms with Crippen LogP contribution in [0.4, 0.5) is 0 Å². The lowest BCUT2D eigenvalue weighted by atomic mass is 10.2. The van der Waals surface area contributed by atoms with Gasteiger partial charge in [-0.05, 0) is 24.8 Å². The van der Waals surface area contributed by atoms with E-state index in [0.717, 1.165) is 4.88 Å². The zero-order valence-electron chi connectivity index (χ0n) is 10.1. The minimum Gasteiger partial charge on any atom is -0.299 e. The zero-order valence-corrected chi connectivity index (χ0v) is 10.9. The zero-order chi connectivity index (χ0) is 13.0. The second kappa shape index (κ2) is 5.73. The largest absolute Gasteiger partial charge is 0.299 e. The van der Waals surface area contributed by atoms with E-state index in [4.69, 9.17) is 0 Å². The summed E-state index contributed by atoms with van der Waals surface area (Å²) in [4.78, 5) is 28.2. The number of aryl methyl sites for hydroxylation is 2. The molecule has 0 aliphatic carbocycles. The van der Waals surface area contributed by atoms with Crippen molar-refractivity contribution in [2.45, 2.75) is 26.3 Å². The van der Waals surface area contributed by atoms with Gasteiger partial charge in [0.05, 0.1) is 11.2 Å². The van der Waals surface area contributed by atoms with Crippen LogP contribution in [0.1, 0.15) is 28.2 Å². The van der Waals surface area contributed by atoms with Crippen LogP contribution in [0.2, 0.25) is 0 Å². The summed E-state index contributed by atoms with van der Waals surface area (Å²) in [5.41, 5.74) is 0.650. The molecule has 0 saturated carbocycles. The molecule has 2 rings (SSSR count). The molecule has 0 N–H and O–H groups in total. The number of rotatable bonds is 5. The van der Waals surface area contributed by atoms with Crippen molar-refractivity contribution in [3.63, 3.8) is 0 Å². The van der Waals surface area contributed by atoms with E-state index >= 15 is 0 Å². The third kappa shape index (κ3) is 3.13. The fourth-order valence-corrected chi connectivity index (χ4v) is 2.35. The number of nitrogens with zero attached hydrogens (tertiary/aromatic N) is 2. The molecule has 5 heteroatoms. The Kier molecular flexibility index (Phi) is 4.04. The van der Waals surface area contributed by atoms with Crippen molar-refractivity contribution in [2.75, 3.05) is 0 Å². The Morgan fingerprint density at radius 3 is 3.00 bits per heavy atom. The fraction of sp³-hybridized carbons (Fsp3) is 0.308. The van der Waals surface area contributed by atoms with E-state index in [9.17, 15) is 9.59 Å². The Bertz CT molecular complexity index is 587. The van der Waals surface area contributed by atoms with Gasteiger partial charge in [0.25, 0.3) is 5.56 Å². The molecule has 0 bridgehead atoms. The first-order valence-corrected chi connectivity index (χ1v) is 6.64. The molecule has 18 heavy (non-hydrogen) atoms. The van der Waals surface area contributed by atoms with Crippen LogP contribution in [0.25, 0.3) is 0 Å². The van der Waals surface area contributed by atoms with Gasteiger partial charge < -0.3 is 0 Å². The first-order chi connectivity index (χ1) is 8.66. The van der Waals surface area contributed by atoms with Gasteiger partial charge in [-0.1, -0.05) is 6.07 Å². The average molecular weight is 262 g/mol. The lowest BCUT2D eigenvalue weighted by molar-refractivity contribution is 0.0982. The van der Waals surface area contributed by atoms with Crippen molar-refractivity contribution in [2.24, 2.45) is 0 Å². The Balaban J connectivity index is 1.89. The molecule has 0 unspecified atom stereocenters. The van der Waals surface area contributed by atoms with Gasteiger partial charge >= 0.3 is 0 Å². The molecule has 0 spiro atoms. The Morgan fingerprint density at radius 2 is 2.33 bits per heavy atom. The van der Waals surface area contributed by atoms with E-state index in [2.05, 4.69) is 4.98 Å². The molecular formula is C13H14N2O2S. The second-order valence-corrected chi connectivity index (χ2v) is 5.01. The van der Waals surface area contributed by atoms with Gasteiger partial charge in [-0.2, -0.15) is 0 Å². The minimum absolute atomic E-state index is 0.0638. The van der Waals surface area contributed by atoms with E-state index in [0.29, 0.717) is 25.1 Å². The molecule has 0 aliphatic rings. The minimum atomic E-state index is -0.0638. The van der Waals surface area contributed by atoms with E-state index in [-0.39, 0.29) is 11.3 Å². The van der Waals surface area contributed by atoms with E-state index in [1.165, 1.54) is 28.3 Å². The molecular weight excluding hydrogens is 248 g/mol. The summed E-state index contributed by atoms with van der Waals surface area (Å²) >= 11 is 1.45. The highest BCUT2D eigenvalue weighted by Crippen LogP contribution is 2.12. The predicted octanol–water partition coefficient (Wildman–Crippen LogP) is 2.28. The van der Waals surface area contributed by atoms with Crippen molar-refractivity contribution in [1.29, 1.82) is 0 Å². The highest BCUT2D eigenvalue weighted by molar-refractivity contribution is 7.12. The van der Waals surface area contributed by atoms with Gasteiger partial charge in [-0.25, -0.2) is 4.98 Å². The van der Waals surface area contributed by atoms with E-state index in [1.54, 1.807) is 6.92 Å².